The van der Waals surface area contributed by atoms with E-state index in [0.717, 1.165) is 17.7 Å². The van der Waals surface area contributed by atoms with Crippen LogP contribution in [0.5, 0.6) is 0 Å². The quantitative estimate of drug-likeness (QED) is 0.292. The smallest absolute Gasteiger partial charge is 0.0397 e. The van der Waals surface area contributed by atoms with E-state index in [2.05, 4.69) is 25.1 Å². The number of rotatable bonds is 9. The van der Waals surface area contributed by atoms with Gasteiger partial charge in [-0.2, -0.15) is 0 Å². The lowest BCUT2D eigenvalue weighted by Gasteiger charge is -2.00. The van der Waals surface area contributed by atoms with Crippen LogP contribution in [-0.2, 0) is 0 Å². The van der Waals surface area contributed by atoms with E-state index >= 15 is 0 Å². The lowest BCUT2D eigenvalue weighted by Crippen LogP contribution is -1.92. The highest BCUT2D eigenvalue weighted by molar-refractivity contribution is 5.94. The summed E-state index contributed by atoms with van der Waals surface area (Å²) in [5.41, 5.74) is 2.17. The zero-order valence-corrected chi connectivity index (χ0v) is 10.8. The van der Waals surface area contributed by atoms with Crippen molar-refractivity contribution in [3.05, 3.63) is 37.1 Å². The van der Waals surface area contributed by atoms with Crippen LogP contribution < -0.4 is 0 Å². The third kappa shape index (κ3) is 8.22. The molecule has 0 amide bonds. The molecule has 0 saturated carbocycles. The molecule has 0 aromatic carbocycles. The Morgan fingerprint density at radius 1 is 1.06 bits per heavy atom. The van der Waals surface area contributed by atoms with Crippen molar-refractivity contribution in [2.75, 3.05) is 0 Å². The van der Waals surface area contributed by atoms with E-state index in [1.165, 1.54) is 32.1 Å². The highest BCUT2D eigenvalue weighted by Crippen LogP contribution is 2.07. The molecule has 90 valence electrons. The Morgan fingerprint density at radius 3 is 2.31 bits per heavy atom. The summed E-state index contributed by atoms with van der Waals surface area (Å²) < 4.78 is 0. The van der Waals surface area contributed by atoms with E-state index in [1.54, 1.807) is 0 Å². The van der Waals surface area contributed by atoms with Crippen LogP contribution in [0.1, 0.15) is 52.4 Å². The molecule has 16 heavy (non-hydrogen) atoms. The second-order valence-electron chi connectivity index (χ2n) is 4.07. The van der Waals surface area contributed by atoms with Gasteiger partial charge in [-0.25, -0.2) is 0 Å². The predicted molar refractivity (Wildman–Crippen MR) is 75.0 cm³/mol. The summed E-state index contributed by atoms with van der Waals surface area (Å²) in [5, 5.41) is 0. The maximum absolute atomic E-state index is 4.40. The molecule has 0 fully saturated rings. The summed E-state index contributed by atoms with van der Waals surface area (Å²) >= 11 is 0. The summed E-state index contributed by atoms with van der Waals surface area (Å²) in [4.78, 5) is 4.40. The van der Waals surface area contributed by atoms with Gasteiger partial charge >= 0.3 is 0 Å². The Bertz CT molecular complexity index is 259. The predicted octanol–water partition coefficient (Wildman–Crippen LogP) is 5.06. The third-order valence-electron chi connectivity index (χ3n) is 2.53. The average Bonchev–Trinajstić information content (AvgIpc) is 2.32. The largest absolute Gasteiger partial charge is 0.261 e. The molecule has 0 aromatic rings. The normalized spacial score (nSPS) is 12.6. The van der Waals surface area contributed by atoms with Gasteiger partial charge in [0.25, 0.3) is 0 Å². The molecule has 0 heterocycles. The van der Waals surface area contributed by atoms with Gasteiger partial charge in [0.2, 0.25) is 0 Å². The molecule has 0 saturated heterocycles. The first-order chi connectivity index (χ1) is 7.74. The topological polar surface area (TPSA) is 12.4 Å². The highest BCUT2D eigenvalue weighted by atomic mass is 14.7. The fourth-order valence-corrected chi connectivity index (χ4v) is 1.37. The number of allylic oxidation sites excluding steroid dienone is 3. The average molecular weight is 219 g/mol. The van der Waals surface area contributed by atoms with Gasteiger partial charge in [-0.1, -0.05) is 51.8 Å². The molecule has 0 aliphatic rings. The summed E-state index contributed by atoms with van der Waals surface area (Å²) in [6, 6.07) is 0. The Hall–Kier alpha value is -1.11. The van der Waals surface area contributed by atoms with Gasteiger partial charge in [0.1, 0.15) is 0 Å². The Balaban J connectivity index is 3.91. The Morgan fingerprint density at radius 2 is 1.75 bits per heavy atom. The molecule has 0 aromatic heterocycles. The molecule has 0 atom stereocenters. The van der Waals surface area contributed by atoms with E-state index in [4.69, 9.17) is 0 Å². The van der Waals surface area contributed by atoms with Crippen molar-refractivity contribution >= 4 is 5.71 Å². The van der Waals surface area contributed by atoms with Crippen molar-refractivity contribution in [1.29, 1.82) is 0 Å². The zero-order chi connectivity index (χ0) is 12.2. The van der Waals surface area contributed by atoms with E-state index in [0.29, 0.717) is 0 Å². The van der Waals surface area contributed by atoms with Crippen LogP contribution in [0.3, 0.4) is 0 Å². The first-order valence-corrected chi connectivity index (χ1v) is 6.22. The molecule has 0 bridgehead atoms. The minimum atomic E-state index is 1.04. The molecule has 1 nitrogen and oxygen atoms in total. The Labute approximate surface area is 101 Å². The van der Waals surface area contributed by atoms with Gasteiger partial charge in [-0.3, -0.25) is 4.99 Å². The van der Waals surface area contributed by atoms with Gasteiger partial charge in [-0.05, 0) is 31.4 Å². The summed E-state index contributed by atoms with van der Waals surface area (Å²) in [7, 11) is 0. The molecule has 0 rings (SSSR count). The van der Waals surface area contributed by atoms with E-state index in [1.807, 2.05) is 25.3 Å². The molecule has 0 spiro atoms. The van der Waals surface area contributed by atoms with Gasteiger partial charge in [-0.15, -0.1) is 0 Å². The summed E-state index contributed by atoms with van der Waals surface area (Å²) in [5.74, 6) is 0. The van der Waals surface area contributed by atoms with Gasteiger partial charge in [0.15, 0.2) is 0 Å². The maximum Gasteiger partial charge on any atom is 0.0397 e. The third-order valence-corrected chi connectivity index (χ3v) is 2.53. The minimum absolute atomic E-state index is 1.04. The maximum atomic E-state index is 4.40. The molecule has 0 radical (unpaired) electrons. The first kappa shape index (κ1) is 14.9. The van der Waals surface area contributed by atoms with E-state index in [-0.39, 0.29) is 0 Å². The summed E-state index contributed by atoms with van der Waals surface area (Å²) in [6.07, 6.45) is 13.0. The molecule has 0 aliphatic heterocycles. The lowest BCUT2D eigenvalue weighted by atomic mass is 10.1. The van der Waals surface area contributed by atoms with Crippen LogP contribution in [0, 0.1) is 0 Å². The highest BCUT2D eigenvalue weighted by Gasteiger charge is 1.94. The van der Waals surface area contributed by atoms with Crippen molar-refractivity contribution in [2.45, 2.75) is 52.4 Å². The van der Waals surface area contributed by atoms with Crippen molar-refractivity contribution in [1.82, 2.24) is 0 Å². The molecular weight excluding hydrogens is 194 g/mol. The van der Waals surface area contributed by atoms with Gasteiger partial charge in [0.05, 0.1) is 0 Å². The van der Waals surface area contributed by atoms with Crippen molar-refractivity contribution < 1.29 is 0 Å². The standard InChI is InChI=1S/C15H25N/c1-5-8-9-10-11-12-15(7-3)16-13-14(4)6-2/h6-7,13H,2-3,5,8-12H2,1,4H3/b14-13-,16-15?. The second kappa shape index (κ2) is 10.4. The van der Waals surface area contributed by atoms with Crippen LogP contribution in [0.25, 0.3) is 0 Å². The molecular formula is C15H25N. The fourth-order valence-electron chi connectivity index (χ4n) is 1.37. The molecule has 0 unspecified atom stereocenters. The molecule has 0 N–H and O–H groups in total. The van der Waals surface area contributed by atoms with Crippen LogP contribution >= 0.6 is 0 Å². The van der Waals surface area contributed by atoms with Crippen molar-refractivity contribution in [3.63, 3.8) is 0 Å². The van der Waals surface area contributed by atoms with Gasteiger partial charge in [0, 0.05) is 11.9 Å². The van der Waals surface area contributed by atoms with Crippen molar-refractivity contribution in [3.8, 4) is 0 Å². The number of unbranched alkanes of at least 4 members (excludes halogenated alkanes) is 4. The Kier molecular flexibility index (Phi) is 9.69. The zero-order valence-electron chi connectivity index (χ0n) is 10.8. The van der Waals surface area contributed by atoms with Gasteiger partial charge < -0.3 is 0 Å². The van der Waals surface area contributed by atoms with Crippen molar-refractivity contribution in [2.24, 2.45) is 4.99 Å². The number of hydrogen-bond donors (Lipinski definition) is 0. The minimum Gasteiger partial charge on any atom is -0.261 e. The fraction of sp³-hybridized carbons (Fsp3) is 0.533. The first-order valence-electron chi connectivity index (χ1n) is 6.22. The second-order valence-corrected chi connectivity index (χ2v) is 4.07. The van der Waals surface area contributed by atoms with E-state index < -0.39 is 0 Å². The lowest BCUT2D eigenvalue weighted by molar-refractivity contribution is 0.643. The number of nitrogens with zero attached hydrogens (tertiary/aromatic N) is 1. The monoisotopic (exact) mass is 219 g/mol. The molecule has 1 heteroatoms. The van der Waals surface area contributed by atoms with E-state index in [9.17, 15) is 0 Å². The van der Waals surface area contributed by atoms with Crippen LogP contribution in [-0.4, -0.2) is 5.71 Å². The van der Waals surface area contributed by atoms with Crippen LogP contribution in [0.2, 0.25) is 0 Å². The van der Waals surface area contributed by atoms with Crippen LogP contribution in [0.4, 0.5) is 0 Å². The molecule has 0 aliphatic carbocycles. The van der Waals surface area contributed by atoms with Crippen LogP contribution in [0.15, 0.2) is 42.1 Å². The summed E-state index contributed by atoms with van der Waals surface area (Å²) in [6.45, 7) is 11.7. The number of hydrogen-bond acceptors (Lipinski definition) is 1. The SMILES string of the molecule is C=CC(CCCCCCC)=N/C=C(/C)C=C. The number of aliphatic imine (C=N–C) groups is 1.